The summed E-state index contributed by atoms with van der Waals surface area (Å²) in [6.45, 7) is 4.33. The lowest BCUT2D eigenvalue weighted by Gasteiger charge is -2.36. The number of piperidine rings is 2. The SMILES string of the molecule is COc1ccc(C(=O)N2CCC(OC3CCN(S(C)(=O)=O)CC3)CC2)c(C)c1. The van der Waals surface area contributed by atoms with E-state index in [1.54, 1.807) is 7.11 Å². The third-order valence-corrected chi connectivity index (χ3v) is 6.95. The van der Waals surface area contributed by atoms with Crippen molar-refractivity contribution in [2.75, 3.05) is 39.5 Å². The van der Waals surface area contributed by atoms with Crippen LogP contribution in [0.3, 0.4) is 0 Å². The van der Waals surface area contributed by atoms with Gasteiger partial charge in [-0.3, -0.25) is 4.79 Å². The van der Waals surface area contributed by atoms with Gasteiger partial charge in [-0.15, -0.1) is 0 Å². The van der Waals surface area contributed by atoms with E-state index in [2.05, 4.69) is 0 Å². The molecule has 0 radical (unpaired) electrons. The Balaban J connectivity index is 1.48. The largest absolute Gasteiger partial charge is 0.497 e. The Morgan fingerprint density at radius 3 is 2.11 bits per heavy atom. The molecule has 1 aromatic carbocycles. The van der Waals surface area contributed by atoms with Gasteiger partial charge in [0.2, 0.25) is 10.0 Å². The summed E-state index contributed by atoms with van der Waals surface area (Å²) < 4.78 is 36.1. The van der Waals surface area contributed by atoms with E-state index in [0.29, 0.717) is 31.7 Å². The fraction of sp³-hybridized carbons (Fsp3) is 0.650. The van der Waals surface area contributed by atoms with Crippen LogP contribution < -0.4 is 4.74 Å². The molecule has 0 saturated carbocycles. The van der Waals surface area contributed by atoms with Gasteiger partial charge in [0.25, 0.3) is 5.91 Å². The van der Waals surface area contributed by atoms with E-state index in [1.165, 1.54) is 10.6 Å². The Bertz CT molecular complexity index is 795. The molecule has 0 unspecified atom stereocenters. The smallest absolute Gasteiger partial charge is 0.254 e. The van der Waals surface area contributed by atoms with Gasteiger partial charge in [-0.05, 0) is 56.4 Å². The molecule has 1 aromatic rings. The second-order valence-corrected chi connectivity index (χ2v) is 9.65. The van der Waals surface area contributed by atoms with Crippen molar-refractivity contribution in [2.45, 2.75) is 44.8 Å². The van der Waals surface area contributed by atoms with E-state index in [-0.39, 0.29) is 18.1 Å². The highest BCUT2D eigenvalue weighted by Crippen LogP contribution is 2.24. The first-order valence-electron chi connectivity index (χ1n) is 9.82. The fourth-order valence-electron chi connectivity index (χ4n) is 3.94. The molecule has 2 fully saturated rings. The van der Waals surface area contributed by atoms with E-state index in [1.807, 2.05) is 30.0 Å². The molecule has 1 amide bonds. The van der Waals surface area contributed by atoms with Crippen LogP contribution in [0.15, 0.2) is 18.2 Å². The number of amides is 1. The minimum Gasteiger partial charge on any atom is -0.497 e. The Morgan fingerprint density at radius 2 is 1.61 bits per heavy atom. The van der Waals surface area contributed by atoms with E-state index in [9.17, 15) is 13.2 Å². The molecule has 8 heteroatoms. The molecule has 2 aliphatic rings. The minimum atomic E-state index is -3.11. The lowest BCUT2D eigenvalue weighted by Crippen LogP contribution is -2.44. The van der Waals surface area contributed by atoms with Crippen LogP contribution in [0.1, 0.15) is 41.6 Å². The maximum absolute atomic E-state index is 12.8. The molecule has 2 aliphatic heterocycles. The molecule has 2 saturated heterocycles. The summed E-state index contributed by atoms with van der Waals surface area (Å²) in [7, 11) is -1.49. The van der Waals surface area contributed by atoms with Crippen LogP contribution in [0.25, 0.3) is 0 Å². The monoisotopic (exact) mass is 410 g/mol. The summed E-state index contributed by atoms with van der Waals surface area (Å²) >= 11 is 0. The first-order valence-corrected chi connectivity index (χ1v) is 11.7. The number of carbonyl (C=O) groups is 1. The minimum absolute atomic E-state index is 0.0556. The number of benzene rings is 1. The second kappa shape index (κ2) is 8.80. The molecule has 3 rings (SSSR count). The summed E-state index contributed by atoms with van der Waals surface area (Å²) in [5.41, 5.74) is 1.63. The van der Waals surface area contributed by atoms with Crippen LogP contribution >= 0.6 is 0 Å². The van der Waals surface area contributed by atoms with Gasteiger partial charge in [0, 0.05) is 31.7 Å². The Labute approximate surface area is 167 Å². The van der Waals surface area contributed by atoms with E-state index < -0.39 is 10.0 Å². The molecule has 7 nitrogen and oxygen atoms in total. The van der Waals surface area contributed by atoms with Crippen molar-refractivity contribution in [3.8, 4) is 5.75 Å². The molecule has 0 atom stereocenters. The number of ether oxygens (including phenoxy) is 2. The molecular formula is C20H30N2O5S. The summed E-state index contributed by atoms with van der Waals surface area (Å²) in [5.74, 6) is 0.808. The van der Waals surface area contributed by atoms with E-state index >= 15 is 0 Å². The second-order valence-electron chi connectivity index (χ2n) is 7.67. The zero-order valence-corrected chi connectivity index (χ0v) is 17.7. The number of hydrogen-bond donors (Lipinski definition) is 0. The molecule has 0 aliphatic carbocycles. The van der Waals surface area contributed by atoms with Gasteiger partial charge in [0.15, 0.2) is 0 Å². The van der Waals surface area contributed by atoms with E-state index in [4.69, 9.17) is 9.47 Å². The number of rotatable bonds is 5. The number of sulfonamides is 1. The van der Waals surface area contributed by atoms with Gasteiger partial charge >= 0.3 is 0 Å². The lowest BCUT2D eigenvalue weighted by molar-refractivity contribution is -0.0557. The first-order chi connectivity index (χ1) is 13.3. The van der Waals surface area contributed by atoms with Crippen molar-refractivity contribution in [1.82, 2.24) is 9.21 Å². The van der Waals surface area contributed by atoms with E-state index in [0.717, 1.165) is 37.0 Å². The van der Waals surface area contributed by atoms with Crippen LogP contribution in [-0.4, -0.2) is 75.3 Å². The summed E-state index contributed by atoms with van der Waals surface area (Å²) in [6, 6.07) is 5.53. The molecule has 28 heavy (non-hydrogen) atoms. The van der Waals surface area contributed by atoms with Crippen LogP contribution in [0, 0.1) is 6.92 Å². The molecule has 2 heterocycles. The fourth-order valence-corrected chi connectivity index (χ4v) is 4.81. The third-order valence-electron chi connectivity index (χ3n) is 5.65. The predicted molar refractivity (Wildman–Crippen MR) is 107 cm³/mol. The van der Waals surface area contributed by atoms with Crippen LogP contribution in [0.2, 0.25) is 0 Å². The first kappa shape index (κ1) is 21.1. The molecule has 0 spiro atoms. The number of methoxy groups -OCH3 is 1. The van der Waals surface area contributed by atoms with Crippen molar-refractivity contribution in [2.24, 2.45) is 0 Å². The standard InChI is InChI=1S/C20H30N2O5S/c1-15-14-18(26-2)4-5-19(15)20(23)21-10-6-16(7-11-21)27-17-8-12-22(13-9-17)28(3,24)25/h4-5,14,16-17H,6-13H2,1-3H3. The average Bonchev–Trinajstić information content (AvgIpc) is 2.67. The number of hydrogen-bond acceptors (Lipinski definition) is 5. The predicted octanol–water partition coefficient (Wildman–Crippen LogP) is 2.05. The maximum atomic E-state index is 12.8. The van der Waals surface area contributed by atoms with Crippen LogP contribution in [0.5, 0.6) is 5.75 Å². The zero-order chi connectivity index (χ0) is 20.3. The van der Waals surface area contributed by atoms with Crippen molar-refractivity contribution in [3.63, 3.8) is 0 Å². The van der Waals surface area contributed by atoms with Crippen LogP contribution in [-0.2, 0) is 14.8 Å². The number of nitrogens with zero attached hydrogens (tertiary/aromatic N) is 2. The average molecular weight is 411 g/mol. The lowest BCUT2D eigenvalue weighted by atomic mass is 10.0. The van der Waals surface area contributed by atoms with Gasteiger partial charge in [0.05, 0.1) is 25.6 Å². The molecule has 0 aromatic heterocycles. The van der Waals surface area contributed by atoms with Crippen molar-refractivity contribution in [1.29, 1.82) is 0 Å². The molecule has 0 N–H and O–H groups in total. The normalized spacial score (nSPS) is 20.3. The number of likely N-dealkylation sites (tertiary alicyclic amines) is 1. The summed E-state index contributed by atoms with van der Waals surface area (Å²) in [6.07, 6.45) is 4.59. The van der Waals surface area contributed by atoms with Crippen molar-refractivity contribution in [3.05, 3.63) is 29.3 Å². The highest BCUT2D eigenvalue weighted by molar-refractivity contribution is 7.88. The van der Waals surface area contributed by atoms with Crippen molar-refractivity contribution >= 4 is 15.9 Å². The summed E-state index contributed by atoms with van der Waals surface area (Å²) in [4.78, 5) is 14.7. The molecule has 156 valence electrons. The maximum Gasteiger partial charge on any atom is 0.254 e. The Kier molecular flexibility index (Phi) is 6.62. The Hall–Kier alpha value is -1.64. The third kappa shape index (κ3) is 5.04. The van der Waals surface area contributed by atoms with Gasteiger partial charge < -0.3 is 14.4 Å². The molecule has 0 bridgehead atoms. The van der Waals surface area contributed by atoms with Crippen LogP contribution in [0.4, 0.5) is 0 Å². The highest BCUT2D eigenvalue weighted by Gasteiger charge is 2.30. The highest BCUT2D eigenvalue weighted by atomic mass is 32.2. The molecular weight excluding hydrogens is 380 g/mol. The number of aryl methyl sites for hydroxylation is 1. The van der Waals surface area contributed by atoms with Gasteiger partial charge in [-0.1, -0.05) is 0 Å². The van der Waals surface area contributed by atoms with Gasteiger partial charge in [0.1, 0.15) is 5.75 Å². The quantitative estimate of drug-likeness (QED) is 0.743. The Morgan fingerprint density at radius 1 is 1.04 bits per heavy atom. The number of carbonyl (C=O) groups excluding carboxylic acids is 1. The van der Waals surface area contributed by atoms with Crippen molar-refractivity contribution < 1.29 is 22.7 Å². The summed E-state index contributed by atoms with van der Waals surface area (Å²) in [5, 5.41) is 0. The zero-order valence-electron chi connectivity index (χ0n) is 16.9. The van der Waals surface area contributed by atoms with Gasteiger partial charge in [-0.25, -0.2) is 12.7 Å². The topological polar surface area (TPSA) is 76.2 Å². The van der Waals surface area contributed by atoms with Gasteiger partial charge in [-0.2, -0.15) is 0 Å².